The monoisotopic (exact) mass is 315 g/mol. The summed E-state index contributed by atoms with van der Waals surface area (Å²) in [6.07, 6.45) is 0. The van der Waals surface area contributed by atoms with Crippen LogP contribution in [-0.4, -0.2) is 9.49 Å². The van der Waals surface area contributed by atoms with Gasteiger partial charge in [0.05, 0.1) is 0 Å². The van der Waals surface area contributed by atoms with Gasteiger partial charge in [0.25, 0.3) is 0 Å². The van der Waals surface area contributed by atoms with Gasteiger partial charge in [0, 0.05) is 11.4 Å². The van der Waals surface area contributed by atoms with Crippen LogP contribution in [0.2, 0.25) is 0 Å². The minimum absolute atomic E-state index is 0.295. The van der Waals surface area contributed by atoms with E-state index in [2.05, 4.69) is 10.6 Å². The smallest absolute Gasteiger partial charge is 0.165 e. The Labute approximate surface area is 134 Å². The molecule has 2 aromatic rings. The second-order valence-electron chi connectivity index (χ2n) is 4.70. The molecule has 0 aliphatic heterocycles. The van der Waals surface area contributed by atoms with Gasteiger partial charge in [0.1, 0.15) is 4.32 Å². The van der Waals surface area contributed by atoms with Crippen LogP contribution in [0.5, 0.6) is 0 Å². The summed E-state index contributed by atoms with van der Waals surface area (Å²) in [5.41, 5.74) is 4.21. The molecule has 0 amide bonds. The number of aryl methyl sites for hydroxylation is 2. The van der Waals surface area contributed by atoms with E-state index in [-0.39, 0.29) is 0 Å². The summed E-state index contributed by atoms with van der Waals surface area (Å²) in [4.78, 5) is 0. The molecular formula is C16H17N3S2. The first-order valence-electron chi connectivity index (χ1n) is 6.51. The van der Waals surface area contributed by atoms with Gasteiger partial charge in [-0.1, -0.05) is 47.6 Å². The Hall–Kier alpha value is -1.85. The van der Waals surface area contributed by atoms with Gasteiger partial charge < -0.3 is 10.6 Å². The normalized spacial score (nSPS) is 10.0. The number of thioether (sulfide) groups is 1. The zero-order valence-corrected chi connectivity index (χ0v) is 13.6. The van der Waals surface area contributed by atoms with Gasteiger partial charge in [-0.15, -0.1) is 0 Å². The van der Waals surface area contributed by atoms with Crippen molar-refractivity contribution in [3.05, 3.63) is 59.7 Å². The lowest BCUT2D eigenvalue weighted by Crippen LogP contribution is -2.13. The number of nitrogens with one attached hydrogen (secondary N) is 3. The fraction of sp³-hybridized carbons (Fsp3) is 0.125. The van der Waals surface area contributed by atoms with Crippen LogP contribution in [0.15, 0.2) is 48.5 Å². The fourth-order valence-corrected chi connectivity index (χ4v) is 2.56. The minimum atomic E-state index is 0.295. The molecule has 0 spiro atoms. The number of benzene rings is 2. The van der Waals surface area contributed by atoms with E-state index >= 15 is 0 Å². The molecule has 0 saturated carbocycles. The third-order valence-corrected chi connectivity index (χ3v) is 3.75. The van der Waals surface area contributed by atoms with Crippen molar-refractivity contribution in [1.82, 2.24) is 0 Å². The van der Waals surface area contributed by atoms with Crippen molar-refractivity contribution in [2.24, 2.45) is 0 Å². The summed E-state index contributed by atoms with van der Waals surface area (Å²) in [5.74, 6) is 0. The maximum Gasteiger partial charge on any atom is 0.165 e. The Bertz CT molecular complexity index is 576. The maximum atomic E-state index is 7.93. The average molecular weight is 315 g/mol. The summed E-state index contributed by atoms with van der Waals surface area (Å²) >= 11 is 6.44. The largest absolute Gasteiger partial charge is 0.341 e. The third-order valence-electron chi connectivity index (χ3n) is 2.80. The maximum absolute atomic E-state index is 7.93. The van der Waals surface area contributed by atoms with E-state index < -0.39 is 0 Å². The van der Waals surface area contributed by atoms with Gasteiger partial charge in [0.2, 0.25) is 0 Å². The molecule has 2 rings (SSSR count). The molecule has 108 valence electrons. The third kappa shape index (κ3) is 5.21. The van der Waals surface area contributed by atoms with E-state index in [1.165, 1.54) is 22.9 Å². The molecule has 0 aliphatic carbocycles. The predicted molar refractivity (Wildman–Crippen MR) is 97.5 cm³/mol. The molecule has 0 heterocycles. The molecule has 0 fully saturated rings. The second kappa shape index (κ2) is 7.24. The van der Waals surface area contributed by atoms with Crippen molar-refractivity contribution in [3.63, 3.8) is 0 Å². The molecule has 0 aliphatic rings. The van der Waals surface area contributed by atoms with E-state index in [1.54, 1.807) is 0 Å². The van der Waals surface area contributed by atoms with Crippen molar-refractivity contribution < 1.29 is 0 Å². The summed E-state index contributed by atoms with van der Waals surface area (Å²) in [7, 11) is 0. The lowest BCUT2D eigenvalue weighted by molar-refractivity contribution is 1.46. The van der Waals surface area contributed by atoms with Crippen LogP contribution in [-0.2, 0) is 0 Å². The van der Waals surface area contributed by atoms with Gasteiger partial charge in [0.15, 0.2) is 5.17 Å². The minimum Gasteiger partial charge on any atom is -0.341 e. The SMILES string of the molecule is Cc1ccc(NC(=N)SC(=S)Nc2ccc(C)cc2)cc1. The van der Waals surface area contributed by atoms with Crippen LogP contribution >= 0.6 is 24.0 Å². The van der Waals surface area contributed by atoms with Crippen molar-refractivity contribution in [1.29, 1.82) is 5.41 Å². The molecule has 21 heavy (non-hydrogen) atoms. The van der Waals surface area contributed by atoms with Crippen LogP contribution in [0.4, 0.5) is 11.4 Å². The molecule has 0 bridgehead atoms. The van der Waals surface area contributed by atoms with E-state index in [9.17, 15) is 0 Å². The number of thiocarbonyl (C=S) groups is 1. The van der Waals surface area contributed by atoms with E-state index in [0.717, 1.165) is 11.4 Å². The number of anilines is 2. The van der Waals surface area contributed by atoms with Gasteiger partial charge in [-0.25, -0.2) is 0 Å². The highest BCUT2D eigenvalue weighted by Crippen LogP contribution is 2.16. The lowest BCUT2D eigenvalue weighted by Gasteiger charge is -2.10. The highest BCUT2D eigenvalue weighted by atomic mass is 32.2. The summed E-state index contributed by atoms with van der Waals surface area (Å²) in [5, 5.41) is 14.4. The first-order valence-corrected chi connectivity index (χ1v) is 7.73. The number of hydrogen-bond donors (Lipinski definition) is 3. The zero-order valence-electron chi connectivity index (χ0n) is 11.9. The summed E-state index contributed by atoms with van der Waals surface area (Å²) in [6, 6.07) is 15.9. The van der Waals surface area contributed by atoms with Gasteiger partial charge in [-0.2, -0.15) is 0 Å². The molecule has 3 N–H and O–H groups in total. The van der Waals surface area contributed by atoms with E-state index in [4.69, 9.17) is 17.6 Å². The highest BCUT2D eigenvalue weighted by molar-refractivity contribution is 8.33. The number of hydrogen-bond acceptors (Lipinski definition) is 3. The summed E-state index contributed by atoms with van der Waals surface area (Å²) < 4.78 is 0.545. The van der Waals surface area contributed by atoms with Gasteiger partial charge >= 0.3 is 0 Å². The zero-order chi connectivity index (χ0) is 15.2. The molecule has 0 aromatic heterocycles. The Kier molecular flexibility index (Phi) is 5.36. The Morgan fingerprint density at radius 3 is 1.76 bits per heavy atom. The topological polar surface area (TPSA) is 47.9 Å². The molecule has 0 unspecified atom stereocenters. The quantitative estimate of drug-likeness (QED) is 0.424. The molecule has 0 saturated heterocycles. The summed E-state index contributed by atoms with van der Waals surface area (Å²) in [6.45, 7) is 4.07. The second-order valence-corrected chi connectivity index (χ2v) is 6.39. The first kappa shape index (κ1) is 15.5. The van der Waals surface area contributed by atoms with Crippen molar-refractivity contribution in [2.75, 3.05) is 10.6 Å². The Balaban J connectivity index is 1.85. The van der Waals surface area contributed by atoms with Gasteiger partial charge in [-0.05, 0) is 49.9 Å². The lowest BCUT2D eigenvalue weighted by atomic mass is 10.2. The molecule has 0 radical (unpaired) electrons. The Morgan fingerprint density at radius 1 is 0.857 bits per heavy atom. The van der Waals surface area contributed by atoms with Crippen molar-refractivity contribution in [2.45, 2.75) is 13.8 Å². The standard InChI is InChI=1S/C16H17N3S2/c1-11-3-7-13(8-4-11)18-15(17)21-16(20)19-14-9-5-12(2)6-10-14/h3-10H,1-2H3,(H2,17,18)(H,19,20). The molecule has 5 heteroatoms. The highest BCUT2D eigenvalue weighted by Gasteiger charge is 2.04. The molecule has 0 atom stereocenters. The average Bonchev–Trinajstić information content (AvgIpc) is 2.44. The van der Waals surface area contributed by atoms with Crippen LogP contribution in [0.1, 0.15) is 11.1 Å². The van der Waals surface area contributed by atoms with Crippen LogP contribution < -0.4 is 10.6 Å². The van der Waals surface area contributed by atoms with E-state index in [1.807, 2.05) is 62.4 Å². The van der Waals surface area contributed by atoms with Crippen LogP contribution in [0, 0.1) is 19.3 Å². The van der Waals surface area contributed by atoms with E-state index in [0.29, 0.717) is 9.49 Å². The first-order chi connectivity index (χ1) is 10.0. The molecule has 2 aromatic carbocycles. The predicted octanol–water partition coefficient (Wildman–Crippen LogP) is 4.78. The van der Waals surface area contributed by atoms with Gasteiger partial charge in [-0.3, -0.25) is 5.41 Å². The Morgan fingerprint density at radius 2 is 1.29 bits per heavy atom. The number of rotatable bonds is 2. The number of amidine groups is 1. The fourth-order valence-electron chi connectivity index (χ4n) is 1.67. The molecular weight excluding hydrogens is 298 g/mol. The van der Waals surface area contributed by atoms with Crippen LogP contribution in [0.3, 0.4) is 0 Å². The van der Waals surface area contributed by atoms with Crippen molar-refractivity contribution in [3.8, 4) is 0 Å². The molecule has 3 nitrogen and oxygen atoms in total. The van der Waals surface area contributed by atoms with Crippen LogP contribution in [0.25, 0.3) is 0 Å². The van der Waals surface area contributed by atoms with Crippen molar-refractivity contribution >= 4 is 44.8 Å².